The molecule has 0 amide bonds. The average Bonchev–Trinajstić information content (AvgIpc) is 2.89. The number of rotatable bonds is 2. The lowest BCUT2D eigenvalue weighted by atomic mass is 10.2. The molecule has 0 unspecified atom stereocenters. The minimum absolute atomic E-state index is 0.139. The number of carbonyl (C=O) groups is 1. The summed E-state index contributed by atoms with van der Waals surface area (Å²) < 4.78 is 1.50. The fourth-order valence-corrected chi connectivity index (χ4v) is 2.24. The molecule has 0 fully saturated rings. The van der Waals surface area contributed by atoms with Crippen molar-refractivity contribution in [3.8, 4) is 11.8 Å². The van der Waals surface area contributed by atoms with Gasteiger partial charge in [0.05, 0.1) is 33.4 Å². The van der Waals surface area contributed by atoms with Gasteiger partial charge in [0.25, 0.3) is 0 Å². The van der Waals surface area contributed by atoms with Gasteiger partial charge < -0.3 is 5.11 Å². The maximum absolute atomic E-state index is 10.9. The number of carboxylic acid groups (broad SMARTS) is 1. The summed E-state index contributed by atoms with van der Waals surface area (Å²) in [7, 11) is 0. The van der Waals surface area contributed by atoms with Gasteiger partial charge in [-0.25, -0.2) is 9.48 Å². The minimum atomic E-state index is -1.03. The van der Waals surface area contributed by atoms with Crippen LogP contribution >= 0.6 is 11.6 Å². The Bertz CT molecular complexity index is 911. The molecule has 1 N–H and O–H groups in total. The summed E-state index contributed by atoms with van der Waals surface area (Å²) in [5.74, 6) is -1.03. The number of aromatic carboxylic acids is 1. The smallest absolute Gasteiger partial charge is 0.335 e. The highest BCUT2D eigenvalue weighted by atomic mass is 35.5. The molecule has 0 saturated carbocycles. The van der Waals surface area contributed by atoms with E-state index in [2.05, 4.69) is 10.3 Å². The molecular weight excluding hydrogens is 292 g/mol. The SMILES string of the molecule is N#Cc1ccc(-n2nnc3cc(C(=O)O)ccc32)c(Cl)c1. The maximum atomic E-state index is 10.9. The van der Waals surface area contributed by atoms with Gasteiger partial charge in [-0.15, -0.1) is 5.10 Å². The highest BCUT2D eigenvalue weighted by Crippen LogP contribution is 2.24. The van der Waals surface area contributed by atoms with Crippen molar-refractivity contribution in [1.29, 1.82) is 5.26 Å². The maximum Gasteiger partial charge on any atom is 0.335 e. The second-order valence-corrected chi connectivity index (χ2v) is 4.70. The molecule has 1 heterocycles. The van der Waals surface area contributed by atoms with Crippen LogP contribution in [0.2, 0.25) is 5.02 Å². The van der Waals surface area contributed by atoms with E-state index < -0.39 is 5.97 Å². The van der Waals surface area contributed by atoms with Crippen molar-refractivity contribution in [2.75, 3.05) is 0 Å². The molecule has 0 atom stereocenters. The van der Waals surface area contributed by atoms with Crippen molar-refractivity contribution in [3.63, 3.8) is 0 Å². The topological polar surface area (TPSA) is 91.8 Å². The lowest BCUT2D eigenvalue weighted by molar-refractivity contribution is 0.0697. The minimum Gasteiger partial charge on any atom is -0.478 e. The van der Waals surface area contributed by atoms with Crippen molar-refractivity contribution >= 4 is 28.6 Å². The van der Waals surface area contributed by atoms with Crippen molar-refractivity contribution in [1.82, 2.24) is 15.0 Å². The molecule has 7 heteroatoms. The van der Waals surface area contributed by atoms with Gasteiger partial charge >= 0.3 is 5.97 Å². The Labute approximate surface area is 123 Å². The molecule has 0 aliphatic heterocycles. The number of carboxylic acids is 1. The first-order valence-corrected chi connectivity index (χ1v) is 6.27. The highest BCUT2D eigenvalue weighted by Gasteiger charge is 2.12. The zero-order valence-corrected chi connectivity index (χ0v) is 11.2. The van der Waals surface area contributed by atoms with Crippen molar-refractivity contribution in [2.45, 2.75) is 0 Å². The molecule has 0 aliphatic carbocycles. The predicted molar refractivity (Wildman–Crippen MR) is 75.5 cm³/mol. The molecule has 0 spiro atoms. The van der Waals surface area contributed by atoms with Gasteiger partial charge in [-0.2, -0.15) is 5.26 Å². The number of halogens is 1. The van der Waals surface area contributed by atoms with E-state index in [0.717, 1.165) is 0 Å². The lowest BCUT2D eigenvalue weighted by Crippen LogP contribution is -1.99. The average molecular weight is 299 g/mol. The summed E-state index contributed by atoms with van der Waals surface area (Å²) in [5.41, 5.74) is 2.24. The van der Waals surface area contributed by atoms with Crippen LogP contribution in [-0.4, -0.2) is 26.1 Å². The first kappa shape index (κ1) is 13.1. The Hall–Kier alpha value is -2.91. The Balaban J connectivity index is 2.18. The zero-order valence-electron chi connectivity index (χ0n) is 10.5. The van der Waals surface area contributed by atoms with Crippen molar-refractivity contribution < 1.29 is 9.90 Å². The third-order valence-electron chi connectivity index (χ3n) is 3.00. The molecule has 2 aromatic carbocycles. The zero-order chi connectivity index (χ0) is 15.0. The van der Waals surface area contributed by atoms with Gasteiger partial charge in [0.2, 0.25) is 0 Å². The van der Waals surface area contributed by atoms with Gasteiger partial charge in [0, 0.05) is 0 Å². The first-order valence-electron chi connectivity index (χ1n) is 5.89. The Morgan fingerprint density at radius 1 is 1.29 bits per heavy atom. The van der Waals surface area contributed by atoms with E-state index in [1.54, 1.807) is 18.2 Å². The summed E-state index contributed by atoms with van der Waals surface area (Å²) in [6.07, 6.45) is 0. The first-order chi connectivity index (χ1) is 10.1. The lowest BCUT2D eigenvalue weighted by Gasteiger charge is -2.05. The van der Waals surface area contributed by atoms with Crippen LogP contribution in [0.15, 0.2) is 36.4 Å². The van der Waals surface area contributed by atoms with Gasteiger partial charge in [0.1, 0.15) is 5.52 Å². The monoisotopic (exact) mass is 298 g/mol. The third-order valence-corrected chi connectivity index (χ3v) is 3.30. The summed E-state index contributed by atoms with van der Waals surface area (Å²) in [5, 5.41) is 26.1. The van der Waals surface area contributed by atoms with E-state index in [1.165, 1.54) is 22.9 Å². The molecule has 102 valence electrons. The van der Waals surface area contributed by atoms with Crippen LogP contribution in [0.1, 0.15) is 15.9 Å². The number of hydrogen-bond donors (Lipinski definition) is 1. The summed E-state index contributed by atoms with van der Waals surface area (Å²) in [6, 6.07) is 11.4. The molecule has 3 rings (SSSR count). The van der Waals surface area contributed by atoms with Crippen molar-refractivity contribution in [2.24, 2.45) is 0 Å². The number of hydrogen-bond acceptors (Lipinski definition) is 4. The van der Waals surface area contributed by atoms with Gasteiger partial charge in [-0.05, 0) is 36.4 Å². The molecule has 3 aromatic rings. The molecule has 6 nitrogen and oxygen atoms in total. The number of nitrogens with zero attached hydrogens (tertiary/aromatic N) is 4. The van der Waals surface area contributed by atoms with E-state index in [4.69, 9.17) is 22.0 Å². The van der Waals surface area contributed by atoms with Crippen LogP contribution in [-0.2, 0) is 0 Å². The number of fused-ring (bicyclic) bond motifs is 1. The van der Waals surface area contributed by atoms with Crippen LogP contribution in [0.5, 0.6) is 0 Å². The second kappa shape index (κ2) is 4.89. The predicted octanol–water partition coefficient (Wildman–Crippen LogP) is 2.64. The summed E-state index contributed by atoms with van der Waals surface area (Å²) in [6.45, 7) is 0. The fourth-order valence-electron chi connectivity index (χ4n) is 1.98. The number of benzene rings is 2. The number of nitriles is 1. The third kappa shape index (κ3) is 2.20. The van der Waals surface area contributed by atoms with Gasteiger partial charge in [-0.1, -0.05) is 16.8 Å². The Morgan fingerprint density at radius 3 is 2.76 bits per heavy atom. The summed E-state index contributed by atoms with van der Waals surface area (Å²) in [4.78, 5) is 10.9. The van der Waals surface area contributed by atoms with E-state index in [1.807, 2.05) is 6.07 Å². The van der Waals surface area contributed by atoms with Crippen LogP contribution in [0.3, 0.4) is 0 Å². The molecule has 1 aromatic heterocycles. The Kier molecular flexibility index (Phi) is 3.05. The van der Waals surface area contributed by atoms with Crippen LogP contribution in [0.4, 0.5) is 0 Å². The largest absolute Gasteiger partial charge is 0.478 e. The molecule has 21 heavy (non-hydrogen) atoms. The van der Waals surface area contributed by atoms with Crippen LogP contribution in [0.25, 0.3) is 16.7 Å². The van der Waals surface area contributed by atoms with E-state index in [0.29, 0.717) is 27.3 Å². The van der Waals surface area contributed by atoms with Crippen molar-refractivity contribution in [3.05, 3.63) is 52.5 Å². The molecule has 0 saturated heterocycles. The van der Waals surface area contributed by atoms with Gasteiger partial charge in [0.15, 0.2) is 0 Å². The Morgan fingerprint density at radius 2 is 2.10 bits per heavy atom. The van der Waals surface area contributed by atoms with Gasteiger partial charge in [-0.3, -0.25) is 0 Å². The van der Waals surface area contributed by atoms with Crippen LogP contribution in [0, 0.1) is 11.3 Å². The molecule has 0 aliphatic rings. The molecular formula is C14H7ClN4O2. The van der Waals surface area contributed by atoms with E-state index in [-0.39, 0.29) is 5.56 Å². The number of aromatic nitrogens is 3. The quantitative estimate of drug-likeness (QED) is 0.785. The summed E-state index contributed by atoms with van der Waals surface area (Å²) >= 11 is 6.15. The van der Waals surface area contributed by atoms with E-state index >= 15 is 0 Å². The van der Waals surface area contributed by atoms with Crippen LogP contribution < -0.4 is 0 Å². The molecule has 0 bridgehead atoms. The molecule has 0 radical (unpaired) electrons. The normalized spacial score (nSPS) is 10.5. The van der Waals surface area contributed by atoms with E-state index in [9.17, 15) is 4.79 Å². The fraction of sp³-hybridized carbons (Fsp3) is 0. The standard InChI is InChI=1S/C14H7ClN4O2/c15-10-5-8(7-16)1-3-12(10)19-13-4-2-9(14(20)21)6-11(13)17-18-19/h1-6H,(H,20,21). The second-order valence-electron chi connectivity index (χ2n) is 4.29. The highest BCUT2D eigenvalue weighted by molar-refractivity contribution is 6.32.